The number of hydrogen-bond donors (Lipinski definition) is 1. The maximum Gasteiger partial charge on any atom is 0.146 e. The Bertz CT molecular complexity index is 310. The van der Waals surface area contributed by atoms with Crippen molar-refractivity contribution in [3.63, 3.8) is 0 Å². The van der Waals surface area contributed by atoms with Gasteiger partial charge in [0, 0.05) is 12.1 Å². The minimum absolute atomic E-state index is 0.245. The summed E-state index contributed by atoms with van der Waals surface area (Å²) >= 11 is 5.46. The van der Waals surface area contributed by atoms with E-state index in [4.69, 9.17) is 11.6 Å². The van der Waals surface area contributed by atoms with Crippen LogP contribution in [0.3, 0.4) is 0 Å². The maximum absolute atomic E-state index is 13.0. The van der Waals surface area contributed by atoms with E-state index >= 15 is 0 Å². The largest absolute Gasteiger partial charge is 0.379 e. The average Bonchev–Trinajstić information content (AvgIpc) is 2.16. The molecule has 0 aliphatic heterocycles. The Morgan fingerprint density at radius 1 is 1.54 bits per heavy atom. The number of para-hydroxylation sites is 1. The zero-order valence-corrected chi connectivity index (χ0v) is 8.11. The van der Waals surface area contributed by atoms with E-state index in [1.807, 2.05) is 6.92 Å². The predicted octanol–water partition coefficient (Wildman–Crippen LogP) is 3.38. The molecule has 13 heavy (non-hydrogen) atoms. The summed E-state index contributed by atoms with van der Waals surface area (Å²) in [5.41, 5.74) is 2.94. The molecule has 1 aromatic rings. The fourth-order valence-corrected chi connectivity index (χ4v) is 0.955. The number of hydrogen-bond acceptors (Lipinski definition) is 1. The third-order valence-corrected chi connectivity index (χ3v) is 1.99. The molecule has 0 radical (unpaired) electrons. The molecule has 0 bridgehead atoms. The van der Waals surface area contributed by atoms with Crippen molar-refractivity contribution in [2.75, 3.05) is 11.9 Å². The van der Waals surface area contributed by atoms with Gasteiger partial charge in [0.25, 0.3) is 0 Å². The first-order valence-corrected chi connectivity index (χ1v) is 4.42. The van der Waals surface area contributed by atoms with Gasteiger partial charge in [0.2, 0.25) is 0 Å². The quantitative estimate of drug-likeness (QED) is 0.787. The minimum atomic E-state index is -0.245. The van der Waals surface area contributed by atoms with E-state index in [9.17, 15) is 4.39 Å². The van der Waals surface area contributed by atoms with Crippen LogP contribution in [0.4, 0.5) is 10.1 Å². The van der Waals surface area contributed by atoms with Crippen molar-refractivity contribution in [1.82, 2.24) is 0 Å². The summed E-state index contributed by atoms with van der Waals surface area (Å²) in [4.78, 5) is 0. The standard InChI is InChI=1S/C10H11ClFN/c1-8(6-11)7-13-10-5-3-2-4-9(10)12/h2-6,13H,7H2,1H3/b8-6-. The van der Waals surface area contributed by atoms with Crippen LogP contribution in [0.2, 0.25) is 0 Å². The molecular weight excluding hydrogens is 189 g/mol. The molecule has 1 aromatic carbocycles. The first-order valence-electron chi connectivity index (χ1n) is 3.98. The van der Waals surface area contributed by atoms with Gasteiger partial charge in [-0.3, -0.25) is 0 Å². The Morgan fingerprint density at radius 2 is 2.23 bits per heavy atom. The minimum Gasteiger partial charge on any atom is -0.379 e. The highest BCUT2D eigenvalue weighted by atomic mass is 35.5. The van der Waals surface area contributed by atoms with Crippen LogP contribution in [0, 0.1) is 5.82 Å². The van der Waals surface area contributed by atoms with E-state index < -0.39 is 0 Å². The van der Waals surface area contributed by atoms with Crippen molar-refractivity contribution < 1.29 is 4.39 Å². The normalized spacial score (nSPS) is 11.5. The highest BCUT2D eigenvalue weighted by Gasteiger charge is 1.98. The molecule has 0 aliphatic carbocycles. The van der Waals surface area contributed by atoms with Crippen LogP contribution in [-0.4, -0.2) is 6.54 Å². The zero-order valence-electron chi connectivity index (χ0n) is 7.35. The summed E-state index contributed by atoms with van der Waals surface area (Å²) < 4.78 is 13.0. The molecule has 1 N–H and O–H groups in total. The Hall–Kier alpha value is -1.02. The summed E-state index contributed by atoms with van der Waals surface area (Å²) in [6, 6.07) is 6.55. The fourth-order valence-electron chi connectivity index (χ4n) is 0.878. The molecule has 0 fully saturated rings. The van der Waals surface area contributed by atoms with Gasteiger partial charge >= 0.3 is 0 Å². The highest BCUT2D eigenvalue weighted by molar-refractivity contribution is 6.25. The molecule has 0 aliphatic rings. The van der Waals surface area contributed by atoms with E-state index in [0.29, 0.717) is 12.2 Å². The second kappa shape index (κ2) is 4.87. The number of halogens is 2. The second-order valence-corrected chi connectivity index (χ2v) is 3.01. The third kappa shape index (κ3) is 3.07. The van der Waals surface area contributed by atoms with Gasteiger partial charge in [0.1, 0.15) is 5.82 Å². The predicted molar refractivity (Wildman–Crippen MR) is 54.5 cm³/mol. The van der Waals surface area contributed by atoms with Crippen LogP contribution >= 0.6 is 11.6 Å². The summed E-state index contributed by atoms with van der Waals surface area (Å²) in [5.74, 6) is -0.245. The molecule has 0 heterocycles. The first kappa shape index (κ1) is 10.1. The lowest BCUT2D eigenvalue weighted by atomic mass is 10.3. The fraction of sp³-hybridized carbons (Fsp3) is 0.200. The van der Waals surface area contributed by atoms with Crippen molar-refractivity contribution in [2.24, 2.45) is 0 Å². The van der Waals surface area contributed by atoms with Crippen LogP contribution < -0.4 is 5.32 Å². The van der Waals surface area contributed by atoms with E-state index in [-0.39, 0.29) is 5.82 Å². The number of rotatable bonds is 3. The number of anilines is 1. The summed E-state index contributed by atoms with van der Waals surface area (Å²) in [6.45, 7) is 2.44. The Morgan fingerprint density at radius 3 is 2.85 bits per heavy atom. The van der Waals surface area contributed by atoms with Crippen LogP contribution in [0.5, 0.6) is 0 Å². The van der Waals surface area contributed by atoms with Crippen molar-refractivity contribution in [2.45, 2.75) is 6.92 Å². The van der Waals surface area contributed by atoms with Crippen molar-refractivity contribution in [3.8, 4) is 0 Å². The SMILES string of the molecule is C/C(=C/Cl)CNc1ccccc1F. The zero-order chi connectivity index (χ0) is 9.68. The molecule has 0 unspecified atom stereocenters. The highest BCUT2D eigenvalue weighted by Crippen LogP contribution is 2.12. The molecular formula is C10H11ClFN. The van der Waals surface area contributed by atoms with Gasteiger partial charge in [-0.15, -0.1) is 0 Å². The smallest absolute Gasteiger partial charge is 0.146 e. The Balaban J connectivity index is 2.60. The van der Waals surface area contributed by atoms with Crippen LogP contribution in [0.1, 0.15) is 6.92 Å². The Labute approximate surface area is 82.2 Å². The van der Waals surface area contributed by atoms with E-state index in [0.717, 1.165) is 5.57 Å². The van der Waals surface area contributed by atoms with Gasteiger partial charge in [-0.1, -0.05) is 23.7 Å². The second-order valence-electron chi connectivity index (χ2n) is 2.79. The van der Waals surface area contributed by atoms with Gasteiger partial charge in [0.15, 0.2) is 0 Å². The molecule has 0 atom stereocenters. The van der Waals surface area contributed by atoms with Crippen molar-refractivity contribution in [3.05, 3.63) is 41.2 Å². The third-order valence-electron chi connectivity index (χ3n) is 1.62. The summed E-state index contributed by atoms with van der Waals surface area (Å²) in [5, 5.41) is 2.94. The molecule has 3 heteroatoms. The molecule has 0 saturated heterocycles. The first-order chi connectivity index (χ1) is 6.24. The molecule has 0 saturated carbocycles. The lowest BCUT2D eigenvalue weighted by Gasteiger charge is -2.06. The van der Waals surface area contributed by atoms with Crippen LogP contribution in [-0.2, 0) is 0 Å². The molecule has 1 nitrogen and oxygen atoms in total. The van der Waals surface area contributed by atoms with E-state index in [1.165, 1.54) is 11.6 Å². The molecule has 0 spiro atoms. The van der Waals surface area contributed by atoms with Crippen molar-refractivity contribution >= 4 is 17.3 Å². The van der Waals surface area contributed by atoms with Crippen LogP contribution in [0.15, 0.2) is 35.4 Å². The lowest BCUT2D eigenvalue weighted by molar-refractivity contribution is 0.630. The Kier molecular flexibility index (Phi) is 3.77. The van der Waals surface area contributed by atoms with Crippen LogP contribution in [0.25, 0.3) is 0 Å². The number of nitrogens with one attached hydrogen (secondary N) is 1. The lowest BCUT2D eigenvalue weighted by Crippen LogP contribution is -2.03. The molecule has 1 rings (SSSR count). The topological polar surface area (TPSA) is 12.0 Å². The van der Waals surface area contributed by atoms with Gasteiger partial charge in [-0.05, 0) is 24.6 Å². The summed E-state index contributed by atoms with van der Waals surface area (Å²) in [7, 11) is 0. The molecule has 0 amide bonds. The average molecular weight is 200 g/mol. The van der Waals surface area contributed by atoms with Gasteiger partial charge in [-0.25, -0.2) is 4.39 Å². The summed E-state index contributed by atoms with van der Waals surface area (Å²) in [6.07, 6.45) is 0. The maximum atomic E-state index is 13.0. The molecule has 70 valence electrons. The van der Waals surface area contributed by atoms with Gasteiger partial charge < -0.3 is 5.32 Å². The number of benzene rings is 1. The van der Waals surface area contributed by atoms with Crippen molar-refractivity contribution in [1.29, 1.82) is 0 Å². The molecule has 0 aromatic heterocycles. The van der Waals surface area contributed by atoms with E-state index in [1.54, 1.807) is 18.2 Å². The van der Waals surface area contributed by atoms with Gasteiger partial charge in [0.05, 0.1) is 5.69 Å². The van der Waals surface area contributed by atoms with Gasteiger partial charge in [-0.2, -0.15) is 0 Å². The monoisotopic (exact) mass is 199 g/mol. The van der Waals surface area contributed by atoms with E-state index in [2.05, 4.69) is 5.32 Å².